The monoisotopic (exact) mass is 469 g/mol. The van der Waals surface area contributed by atoms with E-state index < -0.39 is 10.0 Å². The summed E-state index contributed by atoms with van der Waals surface area (Å²) in [6.07, 6.45) is 0. The zero-order chi connectivity index (χ0) is 21.8. The lowest BCUT2D eigenvalue weighted by molar-refractivity contribution is -0.115. The fraction of sp³-hybridized carbons (Fsp3) is 0.0909. The van der Waals surface area contributed by atoms with E-state index in [-0.39, 0.29) is 16.1 Å². The van der Waals surface area contributed by atoms with Crippen LogP contribution in [0, 0.1) is 0 Å². The summed E-state index contributed by atoms with van der Waals surface area (Å²) < 4.78 is 28.4. The Labute approximate surface area is 188 Å². The van der Waals surface area contributed by atoms with Crippen molar-refractivity contribution in [1.82, 2.24) is 4.98 Å². The Balaban J connectivity index is 1.37. The van der Waals surface area contributed by atoms with Gasteiger partial charge in [0, 0.05) is 10.6 Å². The first-order valence-corrected chi connectivity index (χ1v) is 12.6. The maximum Gasteiger partial charge on any atom is 0.261 e. The van der Waals surface area contributed by atoms with E-state index in [1.165, 1.54) is 35.2 Å². The summed E-state index contributed by atoms with van der Waals surface area (Å²) in [5, 5.41) is 3.09. The highest BCUT2D eigenvalue weighted by molar-refractivity contribution is 8.00. The third-order valence-electron chi connectivity index (χ3n) is 4.37. The van der Waals surface area contributed by atoms with E-state index in [0.717, 1.165) is 15.1 Å². The SMILES string of the molecule is CC(Sc1ccc(NS(=O)(=O)c2ccccc2)cc1)C(=O)Nc1nc2ccccc2s1. The maximum atomic E-state index is 12.5. The van der Waals surface area contributed by atoms with Gasteiger partial charge in [-0.1, -0.05) is 41.7 Å². The number of nitrogens with one attached hydrogen (secondary N) is 2. The van der Waals surface area contributed by atoms with Crippen molar-refractivity contribution < 1.29 is 13.2 Å². The number of amides is 1. The molecule has 4 rings (SSSR count). The van der Waals surface area contributed by atoms with Crippen molar-refractivity contribution in [2.75, 3.05) is 10.0 Å². The molecule has 0 saturated carbocycles. The largest absolute Gasteiger partial charge is 0.301 e. The third-order valence-corrected chi connectivity index (χ3v) is 7.83. The van der Waals surface area contributed by atoms with Gasteiger partial charge >= 0.3 is 0 Å². The lowest BCUT2D eigenvalue weighted by Crippen LogP contribution is -2.22. The van der Waals surface area contributed by atoms with Crippen LogP contribution in [0.15, 0.2) is 88.7 Å². The smallest absolute Gasteiger partial charge is 0.261 e. The first kappa shape index (κ1) is 21.4. The standard InChI is InChI=1S/C22H19N3O3S3/c1-15(21(26)24-22-23-19-9-5-6-10-20(19)30-22)29-17-13-11-16(12-14-17)25-31(27,28)18-7-3-2-4-8-18/h2-15,25H,1H3,(H,23,24,26). The number of sulfonamides is 1. The van der Waals surface area contributed by atoms with Gasteiger partial charge in [-0.15, -0.1) is 11.8 Å². The molecule has 4 aromatic rings. The number of nitrogens with zero attached hydrogens (tertiary/aromatic N) is 1. The van der Waals surface area contributed by atoms with Crippen LogP contribution in [0.5, 0.6) is 0 Å². The van der Waals surface area contributed by atoms with E-state index in [4.69, 9.17) is 0 Å². The van der Waals surface area contributed by atoms with Crippen LogP contribution in [0.1, 0.15) is 6.92 Å². The maximum absolute atomic E-state index is 12.5. The molecule has 2 N–H and O–H groups in total. The van der Waals surface area contributed by atoms with Crippen LogP contribution in [0.2, 0.25) is 0 Å². The summed E-state index contributed by atoms with van der Waals surface area (Å²) in [5.74, 6) is -0.141. The lowest BCUT2D eigenvalue weighted by atomic mass is 10.3. The Bertz CT molecular complexity index is 1270. The number of hydrogen-bond acceptors (Lipinski definition) is 6. The van der Waals surface area contributed by atoms with Gasteiger partial charge in [0.2, 0.25) is 5.91 Å². The fourth-order valence-corrected chi connectivity index (χ4v) is 5.62. The number of thioether (sulfide) groups is 1. The predicted molar refractivity (Wildman–Crippen MR) is 127 cm³/mol. The van der Waals surface area contributed by atoms with Gasteiger partial charge in [-0.3, -0.25) is 9.52 Å². The van der Waals surface area contributed by atoms with Gasteiger partial charge in [0.1, 0.15) is 0 Å². The summed E-state index contributed by atoms with van der Waals surface area (Å²) in [5.41, 5.74) is 1.32. The Kier molecular flexibility index (Phi) is 6.26. The average molecular weight is 470 g/mol. The zero-order valence-corrected chi connectivity index (χ0v) is 18.9. The number of rotatable bonds is 7. The second-order valence-electron chi connectivity index (χ2n) is 6.68. The van der Waals surface area contributed by atoms with Crippen molar-refractivity contribution in [3.63, 3.8) is 0 Å². The number of hydrogen-bond donors (Lipinski definition) is 2. The fourth-order valence-electron chi connectivity index (χ4n) is 2.81. The average Bonchev–Trinajstić information content (AvgIpc) is 3.18. The van der Waals surface area contributed by atoms with Crippen molar-refractivity contribution in [2.24, 2.45) is 0 Å². The number of carbonyl (C=O) groups excluding carboxylic acids is 1. The van der Waals surface area contributed by atoms with E-state index in [2.05, 4.69) is 15.0 Å². The van der Waals surface area contributed by atoms with Gasteiger partial charge in [-0.2, -0.15) is 0 Å². The molecule has 9 heteroatoms. The van der Waals surface area contributed by atoms with Crippen LogP contribution < -0.4 is 10.0 Å². The Hall–Kier alpha value is -2.88. The summed E-state index contributed by atoms with van der Waals surface area (Å²) >= 11 is 2.83. The van der Waals surface area contributed by atoms with Crippen molar-refractivity contribution in [2.45, 2.75) is 22.0 Å². The molecule has 0 aliphatic heterocycles. The van der Waals surface area contributed by atoms with E-state index >= 15 is 0 Å². The topological polar surface area (TPSA) is 88.2 Å². The molecule has 1 atom stereocenters. The van der Waals surface area contributed by atoms with Crippen molar-refractivity contribution in [1.29, 1.82) is 0 Å². The first-order valence-electron chi connectivity index (χ1n) is 9.42. The molecule has 0 saturated heterocycles. The second kappa shape index (κ2) is 9.09. The van der Waals surface area contributed by atoms with Crippen LogP contribution in [-0.4, -0.2) is 24.6 Å². The molecule has 1 amide bonds. The van der Waals surface area contributed by atoms with E-state index in [9.17, 15) is 13.2 Å². The highest BCUT2D eigenvalue weighted by Gasteiger charge is 2.17. The molecule has 0 aliphatic rings. The normalized spacial score (nSPS) is 12.4. The van der Waals surface area contributed by atoms with Gasteiger partial charge in [0.15, 0.2) is 5.13 Å². The number of fused-ring (bicyclic) bond motifs is 1. The van der Waals surface area contributed by atoms with E-state index in [1.54, 1.807) is 42.5 Å². The minimum atomic E-state index is -3.64. The summed E-state index contributed by atoms with van der Waals surface area (Å²) in [7, 11) is -3.64. The molecule has 0 spiro atoms. The van der Waals surface area contributed by atoms with Gasteiger partial charge in [-0.05, 0) is 55.5 Å². The first-order chi connectivity index (χ1) is 14.9. The van der Waals surface area contributed by atoms with Gasteiger partial charge in [0.05, 0.1) is 20.4 Å². The number of para-hydroxylation sites is 1. The summed E-state index contributed by atoms with van der Waals surface area (Å²) in [4.78, 5) is 18.0. The molecule has 158 valence electrons. The minimum Gasteiger partial charge on any atom is -0.301 e. The molecule has 3 aromatic carbocycles. The van der Waals surface area contributed by atoms with E-state index in [1.807, 2.05) is 31.2 Å². The molecular formula is C22H19N3O3S3. The van der Waals surface area contributed by atoms with Crippen LogP contribution >= 0.6 is 23.1 Å². The van der Waals surface area contributed by atoms with Gasteiger partial charge in [0.25, 0.3) is 10.0 Å². The minimum absolute atomic E-state index is 0.141. The molecule has 1 unspecified atom stereocenters. The van der Waals surface area contributed by atoms with Crippen molar-refractivity contribution in [3.05, 3.63) is 78.9 Å². The number of anilines is 2. The zero-order valence-electron chi connectivity index (χ0n) is 16.5. The number of thiazole rings is 1. The molecule has 1 heterocycles. The highest BCUT2D eigenvalue weighted by atomic mass is 32.2. The van der Waals surface area contributed by atoms with Crippen molar-refractivity contribution >= 4 is 60.1 Å². The number of benzene rings is 3. The molecular weight excluding hydrogens is 450 g/mol. The highest BCUT2D eigenvalue weighted by Crippen LogP contribution is 2.29. The van der Waals surface area contributed by atoms with Crippen LogP contribution in [0.25, 0.3) is 10.2 Å². The second-order valence-corrected chi connectivity index (χ2v) is 10.8. The van der Waals surface area contributed by atoms with Gasteiger partial charge in [-0.25, -0.2) is 13.4 Å². The van der Waals surface area contributed by atoms with Crippen LogP contribution in [0.3, 0.4) is 0 Å². The lowest BCUT2D eigenvalue weighted by Gasteiger charge is -2.12. The molecule has 0 bridgehead atoms. The van der Waals surface area contributed by atoms with Crippen LogP contribution in [-0.2, 0) is 14.8 Å². The molecule has 0 aliphatic carbocycles. The van der Waals surface area contributed by atoms with Gasteiger partial charge < -0.3 is 5.32 Å². The predicted octanol–water partition coefficient (Wildman–Crippen LogP) is 5.22. The summed E-state index contributed by atoms with van der Waals surface area (Å²) in [6, 6.07) is 22.9. The summed E-state index contributed by atoms with van der Waals surface area (Å²) in [6.45, 7) is 1.82. The number of aromatic nitrogens is 1. The third kappa shape index (κ3) is 5.25. The molecule has 31 heavy (non-hydrogen) atoms. The van der Waals surface area contributed by atoms with Crippen molar-refractivity contribution in [3.8, 4) is 0 Å². The Morgan fingerprint density at radius 2 is 1.65 bits per heavy atom. The molecule has 0 radical (unpaired) electrons. The quantitative estimate of drug-likeness (QED) is 0.363. The molecule has 6 nitrogen and oxygen atoms in total. The van der Waals surface area contributed by atoms with Crippen LogP contribution in [0.4, 0.5) is 10.8 Å². The van der Waals surface area contributed by atoms with E-state index in [0.29, 0.717) is 10.8 Å². The number of carbonyl (C=O) groups is 1. The Morgan fingerprint density at radius 1 is 0.968 bits per heavy atom. The Morgan fingerprint density at radius 3 is 2.35 bits per heavy atom. The molecule has 0 fully saturated rings. The molecule has 1 aromatic heterocycles.